The van der Waals surface area contributed by atoms with Gasteiger partial charge in [-0.1, -0.05) is 13.8 Å². The van der Waals surface area contributed by atoms with Crippen molar-refractivity contribution in [2.75, 3.05) is 5.32 Å². The van der Waals surface area contributed by atoms with Crippen molar-refractivity contribution in [3.05, 3.63) is 58.9 Å². The summed E-state index contributed by atoms with van der Waals surface area (Å²) in [6.45, 7) is 3.69. The number of aliphatic hydroxyl groups is 1. The number of nitrogens with one attached hydrogen (secondary N) is 1. The first-order valence-electron chi connectivity index (χ1n) is 12.0. The molecular formula is C26H24F3N5O3S2. The number of anilines is 2. The number of aliphatic carboxylic acids is 1. The number of nitrogens with zero attached hydrogens (tertiary/aromatic N) is 4. The zero-order chi connectivity index (χ0) is 28.0. The first-order chi connectivity index (χ1) is 18.3. The smallest absolute Gasteiger partial charge is 0.433 e. The zero-order valence-corrected chi connectivity index (χ0v) is 22.5. The van der Waals surface area contributed by atoms with E-state index < -0.39 is 34.8 Å². The van der Waals surface area contributed by atoms with Gasteiger partial charge in [-0.15, -0.1) is 22.7 Å². The molecule has 39 heavy (non-hydrogen) atoms. The van der Waals surface area contributed by atoms with E-state index in [9.17, 15) is 28.2 Å². The van der Waals surface area contributed by atoms with Gasteiger partial charge in [-0.2, -0.15) is 13.2 Å². The molecule has 1 aromatic carbocycles. The van der Waals surface area contributed by atoms with Crippen molar-refractivity contribution in [3.63, 3.8) is 0 Å². The molecule has 0 radical (unpaired) electrons. The highest BCUT2D eigenvalue weighted by Gasteiger charge is 2.49. The first kappa shape index (κ1) is 27.2. The van der Waals surface area contributed by atoms with Crippen LogP contribution in [0.2, 0.25) is 0 Å². The van der Waals surface area contributed by atoms with Crippen LogP contribution in [0.1, 0.15) is 43.8 Å². The summed E-state index contributed by atoms with van der Waals surface area (Å²) in [6.07, 6.45) is 0.594. The molecule has 1 aliphatic rings. The Labute approximate surface area is 229 Å². The number of thiazole rings is 2. The Morgan fingerprint density at radius 2 is 1.90 bits per heavy atom. The first-order valence-corrected chi connectivity index (χ1v) is 13.7. The van der Waals surface area contributed by atoms with E-state index in [1.807, 2.05) is 25.3 Å². The van der Waals surface area contributed by atoms with Gasteiger partial charge in [0.1, 0.15) is 21.3 Å². The van der Waals surface area contributed by atoms with Crippen molar-refractivity contribution in [1.29, 1.82) is 0 Å². The maximum absolute atomic E-state index is 13.2. The van der Waals surface area contributed by atoms with E-state index in [0.717, 1.165) is 22.7 Å². The normalized spacial score (nSPS) is 21.0. The van der Waals surface area contributed by atoms with E-state index >= 15 is 0 Å². The number of carbonyl (C=O) groups is 1. The minimum absolute atomic E-state index is 0.205. The highest BCUT2D eigenvalue weighted by molar-refractivity contribution is 7.15. The number of rotatable bonds is 6. The van der Waals surface area contributed by atoms with Gasteiger partial charge >= 0.3 is 12.1 Å². The monoisotopic (exact) mass is 575 g/mol. The maximum atomic E-state index is 13.2. The molecule has 204 valence electrons. The number of aromatic nitrogens is 4. The third-order valence-electron chi connectivity index (χ3n) is 6.84. The fourth-order valence-electron chi connectivity index (χ4n) is 5.04. The van der Waals surface area contributed by atoms with Crippen LogP contribution in [0.15, 0.2) is 48.2 Å². The number of alkyl halides is 3. The van der Waals surface area contributed by atoms with E-state index in [1.54, 1.807) is 24.5 Å². The van der Waals surface area contributed by atoms with Crippen LogP contribution < -0.4 is 5.32 Å². The van der Waals surface area contributed by atoms with Gasteiger partial charge in [-0.05, 0) is 54.5 Å². The molecule has 3 heterocycles. The Morgan fingerprint density at radius 3 is 2.56 bits per heavy atom. The minimum Gasteiger partial charge on any atom is -0.481 e. The number of halogens is 3. The third kappa shape index (κ3) is 5.65. The number of hydrogen-bond acceptors (Lipinski definition) is 9. The predicted molar refractivity (Wildman–Crippen MR) is 142 cm³/mol. The van der Waals surface area contributed by atoms with E-state index in [2.05, 4.69) is 25.3 Å². The summed E-state index contributed by atoms with van der Waals surface area (Å²) in [5.41, 5.74) is -1.06. The Morgan fingerprint density at radius 1 is 1.13 bits per heavy atom. The van der Waals surface area contributed by atoms with Crippen LogP contribution in [-0.4, -0.2) is 36.1 Å². The topological polar surface area (TPSA) is 121 Å². The lowest BCUT2D eigenvalue weighted by molar-refractivity contribution is -0.154. The lowest BCUT2D eigenvalue weighted by Crippen LogP contribution is -2.44. The van der Waals surface area contributed by atoms with E-state index in [-0.39, 0.29) is 18.8 Å². The van der Waals surface area contributed by atoms with Crippen molar-refractivity contribution in [2.24, 2.45) is 11.3 Å². The predicted octanol–water partition coefficient (Wildman–Crippen LogP) is 6.58. The average Bonchev–Trinajstić information content (AvgIpc) is 3.56. The summed E-state index contributed by atoms with van der Waals surface area (Å²) in [4.78, 5) is 28.8. The SMILES string of the molecule is CC1(C)C[C@](O)(c2ncc(-c3cc(Nc4nccc(C(F)(F)F)n4)cc(-c4nccs4)c3)s2)CC[C@H]1C(=O)O. The van der Waals surface area contributed by atoms with Gasteiger partial charge in [0.2, 0.25) is 5.95 Å². The second-order valence-corrected chi connectivity index (χ2v) is 12.1. The van der Waals surface area contributed by atoms with Crippen LogP contribution in [-0.2, 0) is 16.6 Å². The Kier molecular flexibility index (Phi) is 6.93. The van der Waals surface area contributed by atoms with E-state index in [1.165, 1.54) is 22.7 Å². The quantitative estimate of drug-likeness (QED) is 0.236. The molecule has 8 nitrogen and oxygen atoms in total. The lowest BCUT2D eigenvalue weighted by Gasteiger charge is -2.44. The van der Waals surface area contributed by atoms with Crippen LogP contribution in [0.4, 0.5) is 24.8 Å². The van der Waals surface area contributed by atoms with Gasteiger partial charge in [0, 0.05) is 35.2 Å². The van der Waals surface area contributed by atoms with Gasteiger partial charge in [0.25, 0.3) is 0 Å². The molecule has 0 amide bonds. The molecule has 0 spiro atoms. The van der Waals surface area contributed by atoms with Gasteiger partial charge in [0.05, 0.1) is 10.8 Å². The molecule has 3 N–H and O–H groups in total. The van der Waals surface area contributed by atoms with Crippen molar-refractivity contribution in [3.8, 4) is 21.0 Å². The van der Waals surface area contributed by atoms with Crippen molar-refractivity contribution < 1.29 is 28.2 Å². The summed E-state index contributed by atoms with van der Waals surface area (Å²) >= 11 is 2.71. The van der Waals surface area contributed by atoms with Crippen LogP contribution in [0, 0.1) is 11.3 Å². The molecule has 4 aromatic rings. The van der Waals surface area contributed by atoms with Crippen LogP contribution >= 0.6 is 22.7 Å². The molecule has 1 fully saturated rings. The lowest BCUT2D eigenvalue weighted by atomic mass is 9.63. The molecule has 2 atom stereocenters. The summed E-state index contributed by atoms with van der Waals surface area (Å²) in [7, 11) is 0. The molecule has 0 unspecified atom stereocenters. The van der Waals surface area contributed by atoms with Crippen LogP contribution in [0.5, 0.6) is 0 Å². The highest BCUT2D eigenvalue weighted by Crippen LogP contribution is 2.51. The number of benzene rings is 1. The van der Waals surface area contributed by atoms with Gasteiger partial charge in [0.15, 0.2) is 0 Å². The van der Waals surface area contributed by atoms with E-state index in [4.69, 9.17) is 0 Å². The van der Waals surface area contributed by atoms with Crippen molar-refractivity contribution >= 4 is 40.3 Å². The molecule has 0 bridgehead atoms. The number of carboxylic acids is 1. The standard InChI is InChI=1S/C26H24F3N5O3S2/c1-24(2)13-25(37,5-3-17(24)21(35)36)22-32-12-18(39-22)14-9-15(20-30-7-8-38-20)11-16(10-14)33-23-31-6-4-19(34-23)26(27,28)29/h4,6-12,17,37H,3,5,13H2,1-2H3,(H,35,36)(H,31,33,34)/t17-,25-/m0/s1. The molecule has 0 aliphatic heterocycles. The Bertz CT molecular complexity index is 1510. The summed E-state index contributed by atoms with van der Waals surface area (Å²) in [5, 5.41) is 27.0. The zero-order valence-electron chi connectivity index (χ0n) is 20.9. The van der Waals surface area contributed by atoms with E-state index in [0.29, 0.717) is 27.7 Å². The molecule has 0 saturated heterocycles. The number of carboxylic acid groups (broad SMARTS) is 1. The largest absolute Gasteiger partial charge is 0.481 e. The molecule has 1 saturated carbocycles. The highest BCUT2D eigenvalue weighted by atomic mass is 32.1. The van der Waals surface area contributed by atoms with Crippen molar-refractivity contribution in [2.45, 2.75) is 44.9 Å². The maximum Gasteiger partial charge on any atom is 0.433 e. The molecule has 13 heteroatoms. The average molecular weight is 576 g/mol. The molecule has 1 aliphatic carbocycles. The number of hydrogen-bond donors (Lipinski definition) is 3. The summed E-state index contributed by atoms with van der Waals surface area (Å²) in [6, 6.07) is 6.19. The molecular weight excluding hydrogens is 551 g/mol. The molecule has 3 aromatic heterocycles. The Hall–Kier alpha value is -3.42. The third-order valence-corrected chi connectivity index (χ3v) is 8.90. The van der Waals surface area contributed by atoms with Gasteiger partial charge < -0.3 is 15.5 Å². The fraction of sp³-hybridized carbons (Fsp3) is 0.346. The summed E-state index contributed by atoms with van der Waals surface area (Å²) in [5.74, 6) is -1.63. The molecule has 5 rings (SSSR count). The Balaban J connectivity index is 1.49. The van der Waals surface area contributed by atoms with Crippen molar-refractivity contribution in [1.82, 2.24) is 19.9 Å². The second-order valence-electron chi connectivity index (χ2n) is 10.2. The van der Waals surface area contributed by atoms with Crippen LogP contribution in [0.25, 0.3) is 21.0 Å². The second kappa shape index (κ2) is 9.96. The fourth-order valence-corrected chi connectivity index (χ4v) is 6.68. The van der Waals surface area contributed by atoms with Crippen LogP contribution in [0.3, 0.4) is 0 Å². The van der Waals surface area contributed by atoms with Gasteiger partial charge in [-0.25, -0.2) is 19.9 Å². The summed E-state index contributed by atoms with van der Waals surface area (Å²) < 4.78 is 39.5. The minimum atomic E-state index is -4.61. The van der Waals surface area contributed by atoms with Gasteiger partial charge in [-0.3, -0.25) is 4.79 Å².